The van der Waals surface area contributed by atoms with Gasteiger partial charge in [0.25, 0.3) is 11.5 Å². The third-order valence-corrected chi connectivity index (χ3v) is 4.43. The maximum Gasteiger partial charge on any atom is 0.275 e. The van der Waals surface area contributed by atoms with E-state index in [9.17, 15) is 19.5 Å². The number of benzene rings is 1. The van der Waals surface area contributed by atoms with Crippen LogP contribution < -0.4 is 10.9 Å². The van der Waals surface area contributed by atoms with E-state index in [0.29, 0.717) is 31.6 Å². The maximum atomic E-state index is 12.4. The Morgan fingerprint density at radius 2 is 2.11 bits per heavy atom. The van der Waals surface area contributed by atoms with Crippen LogP contribution in [0.15, 0.2) is 35.1 Å². The first-order valence-electron chi connectivity index (χ1n) is 8.92. The Morgan fingerprint density at radius 3 is 2.81 bits per heavy atom. The van der Waals surface area contributed by atoms with Crippen LogP contribution in [0.3, 0.4) is 0 Å². The van der Waals surface area contributed by atoms with Crippen LogP contribution in [0.4, 0.5) is 0 Å². The van der Waals surface area contributed by atoms with Gasteiger partial charge in [0, 0.05) is 32.1 Å². The Kier molecular flexibility index (Phi) is 5.54. The number of aryl methyl sites for hydroxylation is 1. The zero-order valence-electron chi connectivity index (χ0n) is 15.1. The Morgan fingerprint density at radius 1 is 1.30 bits per heavy atom. The quantitative estimate of drug-likeness (QED) is 0.738. The molecule has 0 unspecified atom stereocenters. The fraction of sp³-hybridized carbons (Fsp3) is 0.368. The Labute approximate surface area is 156 Å². The molecule has 0 aliphatic carbocycles. The average Bonchev–Trinajstić information content (AvgIpc) is 3.03. The van der Waals surface area contributed by atoms with Gasteiger partial charge in [0.15, 0.2) is 11.4 Å². The van der Waals surface area contributed by atoms with Crippen molar-refractivity contribution in [3.05, 3.63) is 51.9 Å². The van der Waals surface area contributed by atoms with Gasteiger partial charge in [0.05, 0.1) is 5.69 Å². The molecule has 3 rings (SSSR count). The first-order chi connectivity index (χ1) is 13.0. The van der Waals surface area contributed by atoms with E-state index >= 15 is 0 Å². The molecule has 27 heavy (non-hydrogen) atoms. The molecular weight excluding hydrogens is 348 g/mol. The molecule has 2 amide bonds. The summed E-state index contributed by atoms with van der Waals surface area (Å²) in [5, 5.41) is 16.7. The van der Waals surface area contributed by atoms with Crippen LogP contribution in [0.2, 0.25) is 0 Å². The molecule has 1 aliphatic heterocycles. The molecule has 0 atom stereocenters. The smallest absolute Gasteiger partial charge is 0.275 e. The number of hydrogen-bond donors (Lipinski definition) is 2. The normalized spacial score (nSPS) is 13.8. The van der Waals surface area contributed by atoms with Crippen molar-refractivity contribution >= 4 is 11.8 Å². The number of rotatable bonds is 6. The minimum atomic E-state index is -0.568. The highest BCUT2D eigenvalue weighted by Gasteiger charge is 2.20. The van der Waals surface area contributed by atoms with Gasteiger partial charge >= 0.3 is 0 Å². The zero-order valence-corrected chi connectivity index (χ0v) is 15.1. The van der Waals surface area contributed by atoms with Gasteiger partial charge in [-0.1, -0.05) is 12.1 Å². The molecule has 1 aromatic heterocycles. The van der Waals surface area contributed by atoms with Gasteiger partial charge in [-0.15, -0.1) is 0 Å². The lowest BCUT2D eigenvalue weighted by Crippen LogP contribution is -2.32. The number of carbonyl (C=O) groups is 2. The molecule has 8 heteroatoms. The van der Waals surface area contributed by atoms with Crippen molar-refractivity contribution in [3.63, 3.8) is 0 Å². The number of amides is 2. The van der Waals surface area contributed by atoms with Crippen LogP contribution in [0.5, 0.6) is 5.75 Å². The van der Waals surface area contributed by atoms with Crippen molar-refractivity contribution in [2.24, 2.45) is 0 Å². The van der Waals surface area contributed by atoms with Crippen LogP contribution in [0.1, 0.15) is 35.3 Å². The van der Waals surface area contributed by atoms with Gasteiger partial charge < -0.3 is 15.3 Å². The van der Waals surface area contributed by atoms with Crippen molar-refractivity contribution in [3.8, 4) is 11.4 Å². The van der Waals surface area contributed by atoms with Gasteiger partial charge in [-0.25, -0.2) is 0 Å². The summed E-state index contributed by atoms with van der Waals surface area (Å²) >= 11 is 0. The molecule has 2 aromatic rings. The van der Waals surface area contributed by atoms with E-state index in [-0.39, 0.29) is 11.6 Å². The summed E-state index contributed by atoms with van der Waals surface area (Å²) in [4.78, 5) is 37.8. The number of aromatic hydroxyl groups is 1. The monoisotopic (exact) mass is 370 g/mol. The van der Waals surface area contributed by atoms with E-state index in [1.807, 2.05) is 13.0 Å². The molecule has 2 N–H and O–H groups in total. The highest BCUT2D eigenvalue weighted by atomic mass is 16.3. The lowest BCUT2D eigenvalue weighted by molar-refractivity contribution is -0.127. The van der Waals surface area contributed by atoms with Crippen molar-refractivity contribution in [1.82, 2.24) is 20.0 Å². The summed E-state index contributed by atoms with van der Waals surface area (Å²) in [6, 6.07) is 8.11. The molecule has 1 fully saturated rings. The molecule has 0 bridgehead atoms. The second-order valence-electron chi connectivity index (χ2n) is 6.56. The number of hydrogen-bond acceptors (Lipinski definition) is 5. The topological polar surface area (TPSA) is 105 Å². The fourth-order valence-corrected chi connectivity index (χ4v) is 3.05. The number of nitrogens with one attached hydrogen (secondary N) is 1. The summed E-state index contributed by atoms with van der Waals surface area (Å²) in [5.41, 5.74) is 0.717. The summed E-state index contributed by atoms with van der Waals surface area (Å²) in [6.45, 7) is 3.57. The molecule has 1 saturated heterocycles. The number of carbonyl (C=O) groups excluding carboxylic acids is 2. The van der Waals surface area contributed by atoms with Gasteiger partial charge in [-0.05, 0) is 37.5 Å². The second kappa shape index (κ2) is 8.03. The molecule has 1 aliphatic rings. The van der Waals surface area contributed by atoms with E-state index in [1.54, 1.807) is 23.1 Å². The standard InChI is InChI=1S/C19H22N4O4/c1-13-5-2-6-14(11-13)23-17(26)12-15(24)18(21-23)19(27)20-8-4-10-22-9-3-7-16(22)25/h2,5-6,11-12,24H,3-4,7-10H2,1H3,(H,20,27). The number of nitrogens with zero attached hydrogens (tertiary/aromatic N) is 3. The fourth-order valence-electron chi connectivity index (χ4n) is 3.05. The maximum absolute atomic E-state index is 12.4. The second-order valence-corrected chi connectivity index (χ2v) is 6.56. The van der Waals surface area contributed by atoms with Gasteiger partial charge in [-0.3, -0.25) is 14.4 Å². The van der Waals surface area contributed by atoms with E-state index in [2.05, 4.69) is 10.4 Å². The summed E-state index contributed by atoms with van der Waals surface area (Å²) in [5.74, 6) is -0.886. The minimum Gasteiger partial charge on any atom is -0.505 e. The average molecular weight is 370 g/mol. The van der Waals surface area contributed by atoms with Gasteiger partial charge in [-0.2, -0.15) is 9.78 Å². The lowest BCUT2D eigenvalue weighted by Gasteiger charge is -2.15. The number of aromatic nitrogens is 2. The van der Waals surface area contributed by atoms with Gasteiger partial charge in [0.1, 0.15) is 0 Å². The Hall–Kier alpha value is -3.16. The third-order valence-electron chi connectivity index (χ3n) is 4.43. The molecule has 0 spiro atoms. The molecule has 2 heterocycles. The SMILES string of the molecule is Cc1cccc(-n2nc(C(=O)NCCCN3CCCC3=O)c(O)cc2=O)c1. The molecular formula is C19H22N4O4. The molecule has 0 saturated carbocycles. The predicted octanol–water partition coefficient (Wildman–Crippen LogP) is 0.989. The zero-order chi connectivity index (χ0) is 19.4. The van der Waals surface area contributed by atoms with E-state index in [0.717, 1.165) is 29.3 Å². The summed E-state index contributed by atoms with van der Waals surface area (Å²) < 4.78 is 1.09. The van der Waals surface area contributed by atoms with Crippen LogP contribution in [0, 0.1) is 6.92 Å². The van der Waals surface area contributed by atoms with E-state index in [1.165, 1.54) is 0 Å². The van der Waals surface area contributed by atoms with Crippen LogP contribution in [-0.2, 0) is 4.79 Å². The van der Waals surface area contributed by atoms with Crippen molar-refractivity contribution in [2.45, 2.75) is 26.2 Å². The summed E-state index contributed by atoms with van der Waals surface area (Å²) in [6.07, 6.45) is 2.07. The van der Waals surface area contributed by atoms with Gasteiger partial charge in [0.2, 0.25) is 5.91 Å². The molecule has 0 radical (unpaired) electrons. The highest BCUT2D eigenvalue weighted by molar-refractivity contribution is 5.94. The Bertz CT molecular complexity index is 922. The molecule has 142 valence electrons. The van der Waals surface area contributed by atoms with Crippen molar-refractivity contribution < 1.29 is 14.7 Å². The van der Waals surface area contributed by atoms with Crippen LogP contribution in [0.25, 0.3) is 5.69 Å². The third kappa shape index (κ3) is 4.33. The Balaban J connectivity index is 1.68. The minimum absolute atomic E-state index is 0.144. The van der Waals surface area contributed by atoms with Crippen LogP contribution >= 0.6 is 0 Å². The predicted molar refractivity (Wildman–Crippen MR) is 99.0 cm³/mol. The first kappa shape index (κ1) is 18.6. The van der Waals surface area contributed by atoms with E-state index < -0.39 is 17.2 Å². The highest BCUT2D eigenvalue weighted by Crippen LogP contribution is 2.14. The summed E-state index contributed by atoms with van der Waals surface area (Å²) in [7, 11) is 0. The number of likely N-dealkylation sites (tertiary alicyclic amines) is 1. The largest absolute Gasteiger partial charge is 0.505 e. The molecule has 1 aromatic carbocycles. The first-order valence-corrected chi connectivity index (χ1v) is 8.92. The lowest BCUT2D eigenvalue weighted by atomic mass is 10.2. The van der Waals surface area contributed by atoms with Crippen molar-refractivity contribution in [1.29, 1.82) is 0 Å². The van der Waals surface area contributed by atoms with Crippen LogP contribution in [-0.4, -0.2) is 51.2 Å². The van der Waals surface area contributed by atoms with Crippen molar-refractivity contribution in [2.75, 3.05) is 19.6 Å². The van der Waals surface area contributed by atoms with E-state index in [4.69, 9.17) is 0 Å². The molecule has 8 nitrogen and oxygen atoms in total.